The minimum Gasteiger partial charge on any atom is -0.325 e. The highest BCUT2D eigenvalue weighted by atomic mass is 79.9. The van der Waals surface area contributed by atoms with Gasteiger partial charge in [-0.1, -0.05) is 18.2 Å². The molecule has 0 aliphatic carbocycles. The maximum absolute atomic E-state index is 4.66. The molecule has 0 bridgehead atoms. The van der Waals surface area contributed by atoms with Gasteiger partial charge in [-0.3, -0.25) is 0 Å². The first kappa shape index (κ1) is 12.3. The smallest absolute Gasteiger partial charge is 0.198 e. The molecular formula is C15H15BrN4. The van der Waals surface area contributed by atoms with E-state index < -0.39 is 0 Å². The van der Waals surface area contributed by atoms with Gasteiger partial charge in [0.1, 0.15) is 5.82 Å². The van der Waals surface area contributed by atoms with Crippen molar-refractivity contribution in [1.29, 1.82) is 0 Å². The molecule has 0 atom stereocenters. The fraction of sp³-hybridized carbons (Fsp3) is 0.333. The largest absolute Gasteiger partial charge is 0.325 e. The first-order valence-corrected chi connectivity index (χ1v) is 7.73. The third kappa shape index (κ3) is 1.93. The highest BCUT2D eigenvalue weighted by Gasteiger charge is 2.26. The molecule has 1 aromatic carbocycles. The Labute approximate surface area is 126 Å². The number of fused-ring (bicyclic) bond motifs is 2. The summed E-state index contributed by atoms with van der Waals surface area (Å²) in [6, 6.07) is 8.59. The van der Waals surface area contributed by atoms with Crippen molar-refractivity contribution in [1.82, 2.24) is 15.3 Å². The Morgan fingerprint density at radius 1 is 1.15 bits per heavy atom. The number of rotatable bonds is 1. The number of nitrogens with zero attached hydrogens (tertiary/aromatic N) is 3. The van der Waals surface area contributed by atoms with E-state index in [4.69, 9.17) is 0 Å². The van der Waals surface area contributed by atoms with Gasteiger partial charge in [-0.15, -0.1) is 0 Å². The number of anilines is 2. The summed E-state index contributed by atoms with van der Waals surface area (Å²) in [5.41, 5.74) is 5.10. The van der Waals surface area contributed by atoms with Crippen molar-refractivity contribution in [2.24, 2.45) is 0 Å². The summed E-state index contributed by atoms with van der Waals surface area (Å²) in [6.45, 7) is 2.85. The first-order valence-electron chi connectivity index (χ1n) is 6.94. The lowest BCUT2D eigenvalue weighted by atomic mass is 10.1. The number of benzene rings is 1. The van der Waals surface area contributed by atoms with Gasteiger partial charge < -0.3 is 10.2 Å². The van der Waals surface area contributed by atoms with Crippen LogP contribution in [0.15, 0.2) is 29.0 Å². The van der Waals surface area contributed by atoms with E-state index in [1.807, 2.05) is 0 Å². The highest BCUT2D eigenvalue weighted by Crippen LogP contribution is 2.36. The lowest BCUT2D eigenvalue weighted by molar-refractivity contribution is 0.622. The van der Waals surface area contributed by atoms with Crippen LogP contribution in [-0.4, -0.2) is 23.1 Å². The van der Waals surface area contributed by atoms with E-state index in [-0.39, 0.29) is 0 Å². The van der Waals surface area contributed by atoms with E-state index >= 15 is 0 Å². The zero-order valence-electron chi connectivity index (χ0n) is 11.1. The number of hydrogen-bond donors (Lipinski definition) is 1. The molecule has 2 aliphatic rings. The summed E-state index contributed by atoms with van der Waals surface area (Å²) in [4.78, 5) is 11.5. The molecule has 4 nitrogen and oxygen atoms in total. The molecule has 0 radical (unpaired) electrons. The van der Waals surface area contributed by atoms with Crippen LogP contribution in [0.3, 0.4) is 0 Å². The van der Waals surface area contributed by atoms with Crippen molar-refractivity contribution < 1.29 is 0 Å². The summed E-state index contributed by atoms with van der Waals surface area (Å²) in [5, 5.41) is 3.43. The molecule has 1 aromatic heterocycles. The molecular weight excluding hydrogens is 316 g/mol. The monoisotopic (exact) mass is 330 g/mol. The summed E-state index contributed by atoms with van der Waals surface area (Å²) in [5.74, 6) is 1.05. The van der Waals surface area contributed by atoms with Crippen LogP contribution in [0.2, 0.25) is 0 Å². The van der Waals surface area contributed by atoms with Gasteiger partial charge in [-0.2, -0.15) is 0 Å². The zero-order valence-corrected chi connectivity index (χ0v) is 12.7. The average Bonchev–Trinajstić information content (AvgIpc) is 2.90. The maximum Gasteiger partial charge on any atom is 0.198 e. The number of halogens is 1. The third-order valence-corrected chi connectivity index (χ3v) is 4.38. The summed E-state index contributed by atoms with van der Waals surface area (Å²) >= 11 is 3.46. The minimum absolute atomic E-state index is 0.692. The third-order valence-electron chi connectivity index (χ3n) is 4.03. The summed E-state index contributed by atoms with van der Waals surface area (Å²) in [7, 11) is 0. The Balaban J connectivity index is 1.85. The van der Waals surface area contributed by atoms with Crippen LogP contribution < -0.4 is 10.2 Å². The molecule has 0 spiro atoms. The second kappa shape index (κ2) is 4.82. The van der Waals surface area contributed by atoms with Crippen LogP contribution in [0.25, 0.3) is 0 Å². The standard InChI is InChI=1S/C15H15BrN4/c16-15-18-12-5-7-17-9-11(12)14(19-15)20-8-6-10-3-1-2-4-13(10)20/h1-4,17H,5-9H2. The maximum atomic E-state index is 4.66. The van der Waals surface area contributed by atoms with Gasteiger partial charge in [0.05, 0.1) is 5.69 Å². The number of para-hydroxylation sites is 1. The molecule has 0 saturated heterocycles. The van der Waals surface area contributed by atoms with E-state index in [9.17, 15) is 0 Å². The van der Waals surface area contributed by atoms with Crippen LogP contribution >= 0.6 is 15.9 Å². The second-order valence-electron chi connectivity index (χ2n) is 5.20. The normalized spacial score (nSPS) is 16.9. The van der Waals surface area contributed by atoms with E-state index in [2.05, 4.69) is 60.4 Å². The molecule has 0 fully saturated rings. The van der Waals surface area contributed by atoms with Crippen LogP contribution in [-0.2, 0) is 19.4 Å². The van der Waals surface area contributed by atoms with Crippen LogP contribution in [0.1, 0.15) is 16.8 Å². The van der Waals surface area contributed by atoms with Crippen LogP contribution in [0.4, 0.5) is 11.5 Å². The number of aromatic nitrogens is 2. The Kier molecular flexibility index (Phi) is 2.97. The average molecular weight is 331 g/mol. The van der Waals surface area contributed by atoms with E-state index in [1.165, 1.54) is 22.5 Å². The van der Waals surface area contributed by atoms with Gasteiger partial charge in [0.15, 0.2) is 4.73 Å². The van der Waals surface area contributed by atoms with Crippen molar-refractivity contribution in [2.75, 3.05) is 18.0 Å². The van der Waals surface area contributed by atoms with E-state index in [0.717, 1.165) is 38.3 Å². The quantitative estimate of drug-likeness (QED) is 0.816. The fourth-order valence-corrected chi connectivity index (χ4v) is 3.46. The molecule has 102 valence electrons. The Bertz CT molecular complexity index is 671. The fourth-order valence-electron chi connectivity index (χ4n) is 3.08. The van der Waals surface area contributed by atoms with E-state index in [0.29, 0.717) is 4.73 Å². The van der Waals surface area contributed by atoms with Gasteiger partial charge in [-0.05, 0) is 34.0 Å². The Hall–Kier alpha value is -1.46. The molecule has 1 N–H and O–H groups in total. The molecule has 5 heteroatoms. The van der Waals surface area contributed by atoms with Crippen molar-refractivity contribution in [3.63, 3.8) is 0 Å². The van der Waals surface area contributed by atoms with Crippen molar-refractivity contribution in [2.45, 2.75) is 19.4 Å². The van der Waals surface area contributed by atoms with Gasteiger partial charge in [0.2, 0.25) is 0 Å². The van der Waals surface area contributed by atoms with Gasteiger partial charge >= 0.3 is 0 Å². The predicted molar refractivity (Wildman–Crippen MR) is 82.3 cm³/mol. The molecule has 20 heavy (non-hydrogen) atoms. The lowest BCUT2D eigenvalue weighted by Gasteiger charge is -2.25. The van der Waals surface area contributed by atoms with Gasteiger partial charge in [0, 0.05) is 37.3 Å². The van der Waals surface area contributed by atoms with E-state index in [1.54, 1.807) is 0 Å². The minimum atomic E-state index is 0.692. The molecule has 2 aromatic rings. The Morgan fingerprint density at radius 3 is 3.00 bits per heavy atom. The number of nitrogens with one attached hydrogen (secondary N) is 1. The Morgan fingerprint density at radius 2 is 2.05 bits per heavy atom. The van der Waals surface area contributed by atoms with Crippen molar-refractivity contribution >= 4 is 27.4 Å². The number of hydrogen-bond acceptors (Lipinski definition) is 4. The molecule has 4 rings (SSSR count). The predicted octanol–water partition coefficient (Wildman–Crippen LogP) is 2.58. The SMILES string of the molecule is Brc1nc2c(c(N3CCc4ccccc43)n1)CNCC2. The summed E-state index contributed by atoms with van der Waals surface area (Å²) in [6.07, 6.45) is 2.05. The lowest BCUT2D eigenvalue weighted by Crippen LogP contribution is -2.28. The summed E-state index contributed by atoms with van der Waals surface area (Å²) < 4.78 is 0.692. The first-order chi connectivity index (χ1) is 9.83. The van der Waals surface area contributed by atoms with Gasteiger partial charge in [0.25, 0.3) is 0 Å². The molecule has 2 aliphatic heterocycles. The van der Waals surface area contributed by atoms with Crippen molar-refractivity contribution in [3.8, 4) is 0 Å². The van der Waals surface area contributed by atoms with Crippen LogP contribution in [0, 0.1) is 0 Å². The van der Waals surface area contributed by atoms with Crippen molar-refractivity contribution in [3.05, 3.63) is 45.8 Å². The topological polar surface area (TPSA) is 41.1 Å². The molecule has 3 heterocycles. The van der Waals surface area contributed by atoms with Gasteiger partial charge in [-0.25, -0.2) is 9.97 Å². The zero-order chi connectivity index (χ0) is 13.5. The highest BCUT2D eigenvalue weighted by molar-refractivity contribution is 9.10. The van der Waals surface area contributed by atoms with Crippen LogP contribution in [0.5, 0.6) is 0 Å². The molecule has 0 unspecified atom stereocenters. The molecule has 0 saturated carbocycles. The molecule has 0 amide bonds. The second-order valence-corrected chi connectivity index (χ2v) is 5.91.